The summed E-state index contributed by atoms with van der Waals surface area (Å²) < 4.78 is 23.6. The molecule has 4 aromatic rings. The molecule has 0 radical (unpaired) electrons. The number of nitrogens with zero attached hydrogens (tertiary/aromatic N) is 2. The summed E-state index contributed by atoms with van der Waals surface area (Å²) in [4.78, 5) is 5.00. The number of halogens is 4. The first-order chi connectivity index (χ1) is 22.6. The summed E-state index contributed by atoms with van der Waals surface area (Å²) in [6.45, 7) is 8.56. The lowest BCUT2D eigenvalue weighted by Crippen LogP contribution is -2.21. The van der Waals surface area contributed by atoms with Crippen LogP contribution in [-0.4, -0.2) is 67.8 Å². The average molecular weight is 755 g/mol. The smallest absolute Gasteiger partial charge is 0.169 e. The maximum absolute atomic E-state index is 5.92. The van der Waals surface area contributed by atoms with Gasteiger partial charge in [0, 0.05) is 23.1 Å². The van der Waals surface area contributed by atoms with Crippen LogP contribution in [0.3, 0.4) is 0 Å². The Morgan fingerprint density at radius 3 is 1.14 bits per heavy atom. The summed E-state index contributed by atoms with van der Waals surface area (Å²) in [6, 6.07) is 30.2. The summed E-state index contributed by atoms with van der Waals surface area (Å²) in [6.07, 6.45) is 7.40. The normalized spacial score (nSPS) is 13.9. The molecule has 6 rings (SSSR count). The first-order valence-electron chi connectivity index (χ1n) is 16.4. The van der Waals surface area contributed by atoms with Gasteiger partial charge in [0.05, 0.1) is 13.2 Å². The van der Waals surface area contributed by atoms with Crippen LogP contribution in [0.1, 0.15) is 38.5 Å². The second-order valence-electron chi connectivity index (χ2n) is 11.5. The molecule has 2 heterocycles. The molecule has 0 atom stereocenters. The van der Waals surface area contributed by atoms with Crippen LogP contribution in [0.4, 0.5) is 0 Å². The van der Waals surface area contributed by atoms with Crippen LogP contribution in [0.15, 0.2) is 97.1 Å². The van der Waals surface area contributed by atoms with Gasteiger partial charge in [0.15, 0.2) is 23.0 Å². The summed E-state index contributed by atoms with van der Waals surface area (Å²) in [5, 5.41) is 1.40. The van der Waals surface area contributed by atoms with Gasteiger partial charge in [0.1, 0.15) is 11.5 Å². The summed E-state index contributed by atoms with van der Waals surface area (Å²) >= 11 is 11.8. The number of hydrogen-bond donors (Lipinski definition) is 0. The molecule has 7 nitrogen and oxygen atoms in total. The van der Waals surface area contributed by atoms with E-state index in [1.807, 2.05) is 97.1 Å². The van der Waals surface area contributed by atoms with Crippen LogP contribution in [-0.2, 0) is 0 Å². The molecule has 0 aliphatic carbocycles. The SMILES string of the molecule is Cl.Cl.Clc1ccc(Oc2ccccc2OCCCN2CCCC2)cc1.Clc1ccc(Oc2ccccc2OCCCN2CCCC2)cc1.O. The molecule has 0 amide bonds. The second kappa shape index (κ2) is 23.5. The van der Waals surface area contributed by atoms with Crippen molar-refractivity contribution >= 4 is 48.0 Å². The van der Waals surface area contributed by atoms with Crippen LogP contribution >= 0.6 is 48.0 Å². The van der Waals surface area contributed by atoms with E-state index in [1.165, 1.54) is 51.9 Å². The molecule has 4 aromatic carbocycles. The molecule has 2 aliphatic heterocycles. The van der Waals surface area contributed by atoms with Gasteiger partial charge in [0.2, 0.25) is 0 Å². The van der Waals surface area contributed by atoms with Crippen molar-refractivity contribution in [2.24, 2.45) is 0 Å². The Hall–Kier alpha value is -2.88. The van der Waals surface area contributed by atoms with E-state index in [0.717, 1.165) is 60.4 Å². The zero-order chi connectivity index (χ0) is 31.8. The molecule has 2 saturated heterocycles. The van der Waals surface area contributed by atoms with E-state index in [9.17, 15) is 0 Å². The highest BCUT2D eigenvalue weighted by atomic mass is 35.5. The van der Waals surface area contributed by atoms with E-state index in [2.05, 4.69) is 9.80 Å². The molecule has 0 bridgehead atoms. The lowest BCUT2D eigenvalue weighted by atomic mass is 10.3. The monoisotopic (exact) mass is 752 g/mol. The molecule has 268 valence electrons. The Morgan fingerprint density at radius 2 is 0.796 bits per heavy atom. The summed E-state index contributed by atoms with van der Waals surface area (Å²) in [7, 11) is 0. The van der Waals surface area contributed by atoms with Crippen LogP contribution in [0, 0.1) is 0 Å². The van der Waals surface area contributed by atoms with Crippen molar-refractivity contribution in [2.45, 2.75) is 38.5 Å². The first kappa shape index (κ1) is 42.3. The third kappa shape index (κ3) is 14.9. The second-order valence-corrected chi connectivity index (χ2v) is 12.4. The van der Waals surface area contributed by atoms with Crippen molar-refractivity contribution in [1.29, 1.82) is 0 Å². The summed E-state index contributed by atoms with van der Waals surface area (Å²) in [5.41, 5.74) is 0. The average Bonchev–Trinajstić information content (AvgIpc) is 3.80. The highest BCUT2D eigenvalue weighted by Crippen LogP contribution is 2.33. The fraction of sp³-hybridized carbons (Fsp3) is 0.368. The first-order valence-corrected chi connectivity index (χ1v) is 17.1. The Balaban J connectivity index is 0.000000321. The van der Waals surface area contributed by atoms with E-state index >= 15 is 0 Å². The van der Waals surface area contributed by atoms with Gasteiger partial charge in [-0.05, 0) is 138 Å². The maximum atomic E-state index is 5.92. The van der Waals surface area contributed by atoms with Crippen molar-refractivity contribution in [1.82, 2.24) is 9.80 Å². The van der Waals surface area contributed by atoms with Crippen LogP contribution in [0.2, 0.25) is 10.0 Å². The predicted molar refractivity (Wildman–Crippen MR) is 206 cm³/mol. The van der Waals surface area contributed by atoms with E-state index in [1.54, 1.807) is 0 Å². The molecule has 2 N–H and O–H groups in total. The van der Waals surface area contributed by atoms with E-state index in [-0.39, 0.29) is 30.3 Å². The molecule has 0 spiro atoms. The van der Waals surface area contributed by atoms with Crippen molar-refractivity contribution in [3.8, 4) is 34.5 Å². The topological polar surface area (TPSA) is 74.9 Å². The van der Waals surface area contributed by atoms with Gasteiger partial charge < -0.3 is 34.2 Å². The molecule has 0 unspecified atom stereocenters. The Kier molecular flexibility index (Phi) is 20.3. The highest BCUT2D eigenvalue weighted by molar-refractivity contribution is 6.30. The number of para-hydroxylation sites is 4. The molecule has 2 fully saturated rings. The lowest BCUT2D eigenvalue weighted by molar-refractivity contribution is 0.257. The zero-order valence-corrected chi connectivity index (χ0v) is 30.9. The summed E-state index contributed by atoms with van der Waals surface area (Å²) in [5.74, 6) is 4.53. The van der Waals surface area contributed by atoms with Gasteiger partial charge in [-0.15, -0.1) is 24.8 Å². The number of rotatable bonds is 14. The number of hydrogen-bond acceptors (Lipinski definition) is 6. The fourth-order valence-corrected chi connectivity index (χ4v) is 5.77. The van der Waals surface area contributed by atoms with Crippen molar-refractivity contribution in [3.63, 3.8) is 0 Å². The van der Waals surface area contributed by atoms with Gasteiger partial charge in [-0.25, -0.2) is 0 Å². The number of benzene rings is 4. The molecule has 2 aliphatic rings. The number of likely N-dealkylation sites (tertiary alicyclic amines) is 2. The van der Waals surface area contributed by atoms with Crippen molar-refractivity contribution in [2.75, 3.05) is 52.5 Å². The van der Waals surface area contributed by atoms with Crippen LogP contribution in [0.25, 0.3) is 0 Å². The molecule has 49 heavy (non-hydrogen) atoms. The van der Waals surface area contributed by atoms with Gasteiger partial charge in [0.25, 0.3) is 0 Å². The third-order valence-electron chi connectivity index (χ3n) is 7.93. The van der Waals surface area contributed by atoms with E-state index < -0.39 is 0 Å². The predicted octanol–water partition coefficient (Wildman–Crippen LogP) is 10.0. The van der Waals surface area contributed by atoms with Crippen molar-refractivity contribution in [3.05, 3.63) is 107 Å². The molecular weight excluding hydrogens is 706 g/mol. The quantitative estimate of drug-likeness (QED) is 0.119. The lowest BCUT2D eigenvalue weighted by Gasteiger charge is -2.15. The maximum Gasteiger partial charge on any atom is 0.169 e. The number of ether oxygens (including phenoxy) is 4. The minimum absolute atomic E-state index is 0. The van der Waals surface area contributed by atoms with E-state index in [4.69, 9.17) is 42.1 Å². The Bertz CT molecular complexity index is 1340. The largest absolute Gasteiger partial charge is 0.490 e. The minimum Gasteiger partial charge on any atom is -0.490 e. The molecule has 0 aromatic heterocycles. The van der Waals surface area contributed by atoms with Crippen LogP contribution < -0.4 is 18.9 Å². The van der Waals surface area contributed by atoms with Gasteiger partial charge >= 0.3 is 0 Å². The van der Waals surface area contributed by atoms with Gasteiger partial charge in [-0.1, -0.05) is 47.5 Å². The Morgan fingerprint density at radius 1 is 0.469 bits per heavy atom. The van der Waals surface area contributed by atoms with Gasteiger partial charge in [-0.3, -0.25) is 0 Å². The molecule has 11 heteroatoms. The standard InChI is InChI=1S/2C19H22ClNO2.2ClH.H2O/c2*20-16-8-10-17(11-9-16)23-19-7-2-1-6-18(19)22-15-5-14-21-12-3-4-13-21;;;/h2*1-2,6-11H,3-5,12-15H2;2*1H;1H2. The zero-order valence-electron chi connectivity index (χ0n) is 27.7. The third-order valence-corrected chi connectivity index (χ3v) is 8.44. The Labute approximate surface area is 313 Å². The van der Waals surface area contributed by atoms with Crippen molar-refractivity contribution < 1.29 is 24.4 Å². The van der Waals surface area contributed by atoms with E-state index in [0.29, 0.717) is 23.3 Å². The molecule has 0 saturated carbocycles. The fourth-order valence-electron chi connectivity index (χ4n) is 5.52. The minimum atomic E-state index is 0. The van der Waals surface area contributed by atoms with Crippen LogP contribution in [0.5, 0.6) is 34.5 Å². The molecular formula is C38H48Cl4N2O5. The highest BCUT2D eigenvalue weighted by Gasteiger charge is 2.12. The van der Waals surface area contributed by atoms with Gasteiger partial charge in [-0.2, -0.15) is 0 Å².